The molecule has 24 heavy (non-hydrogen) atoms. The fourth-order valence-corrected chi connectivity index (χ4v) is 1.97. The number of hydrogen-bond donors (Lipinski definition) is 0. The van der Waals surface area contributed by atoms with Crippen molar-refractivity contribution < 1.29 is 30.8 Å². The first-order valence-corrected chi connectivity index (χ1v) is 6.88. The molecule has 0 fully saturated rings. The summed E-state index contributed by atoms with van der Waals surface area (Å²) in [7, 11) is 0. The third kappa shape index (κ3) is 4.48. The summed E-state index contributed by atoms with van der Waals surface area (Å²) in [6.45, 7) is 5.63. The number of nitrogens with zero attached hydrogens (tertiary/aromatic N) is 2. The van der Waals surface area contributed by atoms with E-state index < -0.39 is 29.0 Å². The predicted molar refractivity (Wildman–Crippen MR) is 72.9 cm³/mol. The average Bonchev–Trinajstić information content (AvgIpc) is 2.82. The van der Waals surface area contributed by atoms with Gasteiger partial charge in [0.25, 0.3) is 0 Å². The monoisotopic (exact) mass is 352 g/mol. The van der Waals surface area contributed by atoms with Crippen LogP contribution in [0.15, 0.2) is 22.6 Å². The van der Waals surface area contributed by atoms with E-state index in [0.717, 1.165) is 0 Å². The van der Waals surface area contributed by atoms with Gasteiger partial charge in [0.05, 0.1) is 11.1 Å². The molecule has 0 aliphatic heterocycles. The Morgan fingerprint density at radius 2 is 1.33 bits per heavy atom. The van der Waals surface area contributed by atoms with Crippen LogP contribution < -0.4 is 0 Å². The molecule has 0 aliphatic rings. The second-order valence-corrected chi connectivity index (χ2v) is 6.53. The summed E-state index contributed by atoms with van der Waals surface area (Å²) in [5.41, 5.74) is -3.51. The molecule has 0 N–H and O–H groups in total. The van der Waals surface area contributed by atoms with Gasteiger partial charge in [0.1, 0.15) is 0 Å². The smallest absolute Gasteiger partial charge is 0.416 e. The van der Waals surface area contributed by atoms with Crippen molar-refractivity contribution in [2.75, 3.05) is 0 Å². The van der Waals surface area contributed by atoms with Crippen molar-refractivity contribution in [3.05, 3.63) is 35.2 Å². The van der Waals surface area contributed by atoms with Crippen LogP contribution in [0.25, 0.3) is 11.5 Å². The van der Waals surface area contributed by atoms with Gasteiger partial charge in [-0.15, -0.1) is 10.2 Å². The molecule has 0 saturated carbocycles. The zero-order valence-corrected chi connectivity index (χ0v) is 13.0. The van der Waals surface area contributed by atoms with Crippen LogP contribution in [0.1, 0.15) is 37.8 Å². The summed E-state index contributed by atoms with van der Waals surface area (Å²) >= 11 is 0. The largest absolute Gasteiger partial charge is 0.421 e. The van der Waals surface area contributed by atoms with Crippen LogP contribution >= 0.6 is 0 Å². The summed E-state index contributed by atoms with van der Waals surface area (Å²) in [4.78, 5) is 0. The van der Waals surface area contributed by atoms with Crippen LogP contribution in [0, 0.1) is 5.41 Å². The number of halogens is 6. The molecule has 0 radical (unpaired) electrons. The van der Waals surface area contributed by atoms with E-state index in [0.29, 0.717) is 18.6 Å². The molecule has 1 aromatic carbocycles. The molecule has 2 rings (SSSR count). The maximum Gasteiger partial charge on any atom is 0.416 e. The van der Waals surface area contributed by atoms with Gasteiger partial charge in [0, 0.05) is 12.0 Å². The molecule has 3 nitrogen and oxygen atoms in total. The van der Waals surface area contributed by atoms with Crippen LogP contribution in [-0.2, 0) is 18.8 Å². The molecule has 0 unspecified atom stereocenters. The Morgan fingerprint density at radius 3 is 1.75 bits per heavy atom. The Morgan fingerprint density at radius 1 is 0.833 bits per heavy atom. The summed E-state index contributed by atoms with van der Waals surface area (Å²) < 4.78 is 82.3. The molecular weight excluding hydrogens is 338 g/mol. The van der Waals surface area contributed by atoms with Crippen molar-refractivity contribution >= 4 is 0 Å². The second kappa shape index (κ2) is 5.78. The van der Waals surface area contributed by atoms with Crippen molar-refractivity contribution in [2.45, 2.75) is 39.5 Å². The van der Waals surface area contributed by atoms with Gasteiger partial charge in [-0.05, 0) is 23.6 Å². The minimum atomic E-state index is -4.93. The van der Waals surface area contributed by atoms with E-state index in [2.05, 4.69) is 10.2 Å². The fourth-order valence-electron chi connectivity index (χ4n) is 1.97. The second-order valence-electron chi connectivity index (χ2n) is 6.53. The van der Waals surface area contributed by atoms with Crippen molar-refractivity contribution in [3.8, 4) is 11.5 Å². The summed E-state index contributed by atoms with van der Waals surface area (Å²) in [6, 6.07) is 1.17. The van der Waals surface area contributed by atoms with Gasteiger partial charge in [-0.1, -0.05) is 20.8 Å². The summed E-state index contributed by atoms with van der Waals surface area (Å²) in [5, 5.41) is 7.25. The Labute approximate surface area is 133 Å². The number of aromatic nitrogens is 2. The first-order valence-electron chi connectivity index (χ1n) is 6.88. The van der Waals surface area contributed by atoms with Crippen LogP contribution in [0.4, 0.5) is 26.3 Å². The Balaban J connectivity index is 2.50. The van der Waals surface area contributed by atoms with E-state index in [9.17, 15) is 26.3 Å². The van der Waals surface area contributed by atoms with Crippen molar-refractivity contribution in [3.63, 3.8) is 0 Å². The molecular formula is C15H14F6N2O. The predicted octanol–water partition coefficient (Wildman–Crippen LogP) is 5.36. The normalized spacial score (nSPS) is 13.4. The zero-order chi connectivity index (χ0) is 18.3. The molecule has 2 aromatic rings. The fraction of sp³-hybridized carbons (Fsp3) is 0.467. The van der Waals surface area contributed by atoms with E-state index in [4.69, 9.17) is 4.42 Å². The first kappa shape index (κ1) is 18.3. The lowest BCUT2D eigenvalue weighted by molar-refractivity contribution is -0.143. The van der Waals surface area contributed by atoms with E-state index >= 15 is 0 Å². The van der Waals surface area contributed by atoms with Crippen LogP contribution in [0.2, 0.25) is 0 Å². The molecule has 9 heteroatoms. The van der Waals surface area contributed by atoms with Crippen molar-refractivity contribution in [2.24, 2.45) is 5.41 Å². The molecule has 132 valence electrons. The highest BCUT2D eigenvalue weighted by Gasteiger charge is 2.37. The van der Waals surface area contributed by atoms with Gasteiger partial charge in [0.15, 0.2) is 0 Å². The van der Waals surface area contributed by atoms with Crippen molar-refractivity contribution in [1.82, 2.24) is 10.2 Å². The van der Waals surface area contributed by atoms with Gasteiger partial charge in [0.2, 0.25) is 11.8 Å². The Kier molecular flexibility index (Phi) is 4.41. The maximum atomic E-state index is 12.8. The van der Waals surface area contributed by atoms with E-state index in [1.165, 1.54) is 0 Å². The Hall–Kier alpha value is -2.06. The van der Waals surface area contributed by atoms with E-state index in [1.807, 2.05) is 20.8 Å². The number of benzene rings is 1. The molecule has 0 atom stereocenters. The molecule has 0 aliphatic carbocycles. The molecule has 0 bridgehead atoms. The standard InChI is InChI=1S/C15H14F6N2O/c1-13(2,3)7-11-22-23-12(24-11)8-4-9(14(16,17)18)6-10(5-8)15(19,20)21/h4-6H,7H2,1-3H3. The minimum Gasteiger partial charge on any atom is -0.421 e. The van der Waals surface area contributed by atoms with E-state index in [-0.39, 0.29) is 23.3 Å². The highest BCUT2D eigenvalue weighted by Crippen LogP contribution is 2.38. The van der Waals surface area contributed by atoms with Gasteiger partial charge in [-0.3, -0.25) is 0 Å². The van der Waals surface area contributed by atoms with Gasteiger partial charge < -0.3 is 4.42 Å². The number of hydrogen-bond acceptors (Lipinski definition) is 3. The highest BCUT2D eigenvalue weighted by molar-refractivity contribution is 5.56. The van der Waals surface area contributed by atoms with Crippen LogP contribution in [0.5, 0.6) is 0 Å². The molecule has 0 amide bonds. The van der Waals surface area contributed by atoms with Gasteiger partial charge in [-0.2, -0.15) is 26.3 Å². The number of rotatable bonds is 2. The third-order valence-electron chi connectivity index (χ3n) is 2.98. The van der Waals surface area contributed by atoms with Gasteiger partial charge in [-0.25, -0.2) is 0 Å². The lowest BCUT2D eigenvalue weighted by Gasteiger charge is -2.14. The number of alkyl halides is 6. The molecule has 0 saturated heterocycles. The van der Waals surface area contributed by atoms with Crippen LogP contribution in [-0.4, -0.2) is 10.2 Å². The van der Waals surface area contributed by atoms with Crippen molar-refractivity contribution in [1.29, 1.82) is 0 Å². The zero-order valence-electron chi connectivity index (χ0n) is 13.0. The van der Waals surface area contributed by atoms with Crippen LogP contribution in [0.3, 0.4) is 0 Å². The quantitative estimate of drug-likeness (QED) is 0.683. The Bertz CT molecular complexity index is 693. The van der Waals surface area contributed by atoms with Gasteiger partial charge >= 0.3 is 12.4 Å². The topological polar surface area (TPSA) is 38.9 Å². The summed E-state index contributed by atoms with van der Waals surface area (Å²) in [6.07, 6.45) is -9.51. The molecule has 1 aromatic heterocycles. The maximum absolute atomic E-state index is 12.8. The van der Waals surface area contributed by atoms with E-state index in [1.54, 1.807) is 0 Å². The minimum absolute atomic E-state index is 0.0515. The molecule has 1 heterocycles. The lowest BCUT2D eigenvalue weighted by atomic mass is 9.92. The molecule has 0 spiro atoms. The summed E-state index contributed by atoms with van der Waals surface area (Å²) in [5.74, 6) is -0.241. The highest BCUT2D eigenvalue weighted by atomic mass is 19.4. The lowest BCUT2D eigenvalue weighted by Crippen LogP contribution is -2.11. The SMILES string of the molecule is CC(C)(C)Cc1nnc(-c2cc(C(F)(F)F)cc(C(F)(F)F)c2)o1. The third-order valence-corrected chi connectivity index (χ3v) is 2.98. The first-order chi connectivity index (χ1) is 10.8. The average molecular weight is 352 g/mol.